The number of benzene rings is 1. The number of nitro groups is 1. The lowest BCUT2D eigenvalue weighted by Gasteiger charge is -2.03. The zero-order valence-electron chi connectivity index (χ0n) is 9.34. The van der Waals surface area contributed by atoms with Gasteiger partial charge in [-0.1, -0.05) is 29.3 Å². The summed E-state index contributed by atoms with van der Waals surface area (Å²) < 4.78 is 0. The summed E-state index contributed by atoms with van der Waals surface area (Å²) in [7, 11) is 0. The van der Waals surface area contributed by atoms with Gasteiger partial charge in [0.1, 0.15) is 5.69 Å². The lowest BCUT2D eigenvalue weighted by Crippen LogP contribution is -1.99. The van der Waals surface area contributed by atoms with E-state index in [2.05, 4.69) is 10.5 Å². The molecular weight excluding hydrogens is 309 g/mol. The molecule has 8 heteroatoms. The average Bonchev–Trinajstić information content (AvgIpc) is 2.89. The van der Waals surface area contributed by atoms with Crippen molar-refractivity contribution in [2.24, 2.45) is 5.10 Å². The minimum absolute atomic E-state index is 0.121. The molecule has 0 aliphatic rings. The number of hydrogen-bond acceptors (Lipinski definition) is 5. The third-order valence-electron chi connectivity index (χ3n) is 2.15. The van der Waals surface area contributed by atoms with Crippen LogP contribution in [0.2, 0.25) is 5.02 Å². The standard InChI is InChI=1S/C11H7Cl2N3O2S/c12-7-3-4-9(16(17)18)8(6-7)14-15-11(13)10-2-1-5-19-10/h1-6,14H/b15-11+. The van der Waals surface area contributed by atoms with Crippen molar-refractivity contribution >= 4 is 51.1 Å². The van der Waals surface area contributed by atoms with E-state index in [1.807, 2.05) is 11.4 Å². The first kappa shape index (κ1) is 13.8. The predicted molar refractivity (Wildman–Crippen MR) is 78.4 cm³/mol. The second-order valence-electron chi connectivity index (χ2n) is 3.41. The van der Waals surface area contributed by atoms with Crippen molar-refractivity contribution in [2.45, 2.75) is 0 Å². The maximum absolute atomic E-state index is 10.8. The Morgan fingerprint density at radius 2 is 2.21 bits per heavy atom. The molecule has 0 aliphatic heterocycles. The second kappa shape index (κ2) is 6.01. The lowest BCUT2D eigenvalue weighted by atomic mass is 10.3. The Labute approximate surface area is 122 Å². The van der Waals surface area contributed by atoms with Gasteiger partial charge in [-0.3, -0.25) is 15.5 Å². The van der Waals surface area contributed by atoms with Crippen LogP contribution in [0.3, 0.4) is 0 Å². The normalized spacial score (nSPS) is 11.4. The van der Waals surface area contributed by atoms with E-state index in [1.54, 1.807) is 6.07 Å². The fourth-order valence-corrected chi connectivity index (χ4v) is 2.33. The summed E-state index contributed by atoms with van der Waals surface area (Å²) in [5, 5.41) is 17.2. The topological polar surface area (TPSA) is 67.5 Å². The van der Waals surface area contributed by atoms with Crippen molar-refractivity contribution < 1.29 is 4.92 Å². The maximum atomic E-state index is 10.8. The molecule has 5 nitrogen and oxygen atoms in total. The van der Waals surface area contributed by atoms with Crippen LogP contribution < -0.4 is 5.43 Å². The first-order chi connectivity index (χ1) is 9.08. The Hall–Kier alpha value is -1.63. The summed E-state index contributed by atoms with van der Waals surface area (Å²) in [5.74, 6) is 0. The van der Waals surface area contributed by atoms with Crippen LogP contribution >= 0.6 is 34.5 Å². The van der Waals surface area contributed by atoms with Crippen molar-refractivity contribution in [3.8, 4) is 0 Å². The monoisotopic (exact) mass is 315 g/mol. The van der Waals surface area contributed by atoms with E-state index in [1.165, 1.54) is 29.5 Å². The van der Waals surface area contributed by atoms with Gasteiger partial charge in [-0.25, -0.2) is 0 Å². The van der Waals surface area contributed by atoms with Crippen LogP contribution in [0.4, 0.5) is 11.4 Å². The van der Waals surface area contributed by atoms with Gasteiger partial charge in [0.25, 0.3) is 5.69 Å². The van der Waals surface area contributed by atoms with Crippen molar-refractivity contribution in [3.63, 3.8) is 0 Å². The Balaban J connectivity index is 2.26. The summed E-state index contributed by atoms with van der Waals surface area (Å²) in [6.45, 7) is 0. The maximum Gasteiger partial charge on any atom is 0.294 e. The molecule has 2 aromatic rings. The molecule has 0 aliphatic carbocycles. The molecule has 0 bridgehead atoms. The number of anilines is 1. The lowest BCUT2D eigenvalue weighted by molar-refractivity contribution is -0.384. The van der Waals surface area contributed by atoms with Crippen LogP contribution in [0, 0.1) is 10.1 Å². The van der Waals surface area contributed by atoms with E-state index < -0.39 is 4.92 Å². The molecule has 0 atom stereocenters. The second-order valence-corrected chi connectivity index (χ2v) is 5.15. The number of nitro benzene ring substituents is 1. The zero-order chi connectivity index (χ0) is 13.8. The van der Waals surface area contributed by atoms with Gasteiger partial charge >= 0.3 is 0 Å². The Kier molecular flexibility index (Phi) is 4.36. The number of nitrogens with zero attached hydrogens (tertiary/aromatic N) is 2. The third-order valence-corrected chi connectivity index (χ3v) is 3.67. The number of rotatable bonds is 4. The van der Waals surface area contributed by atoms with Crippen LogP contribution in [-0.4, -0.2) is 10.1 Å². The fourth-order valence-electron chi connectivity index (χ4n) is 1.32. The first-order valence-electron chi connectivity index (χ1n) is 5.05. The molecule has 1 N–H and O–H groups in total. The molecule has 2 rings (SSSR count). The molecule has 1 aromatic heterocycles. The van der Waals surface area contributed by atoms with Crippen LogP contribution in [0.1, 0.15) is 4.88 Å². The van der Waals surface area contributed by atoms with Gasteiger partial charge in [-0.2, -0.15) is 5.10 Å². The molecule has 0 saturated heterocycles. The van der Waals surface area contributed by atoms with Gasteiger partial charge in [0.05, 0.1) is 9.80 Å². The van der Waals surface area contributed by atoms with E-state index in [0.717, 1.165) is 4.88 Å². The minimum atomic E-state index is -0.521. The molecule has 1 heterocycles. The molecule has 0 unspecified atom stereocenters. The summed E-state index contributed by atoms with van der Waals surface area (Å²) in [4.78, 5) is 11.1. The summed E-state index contributed by atoms with van der Waals surface area (Å²) in [6, 6.07) is 7.79. The highest BCUT2D eigenvalue weighted by Gasteiger charge is 2.13. The highest BCUT2D eigenvalue weighted by Crippen LogP contribution is 2.27. The molecular formula is C11H7Cl2N3O2S. The molecule has 0 radical (unpaired) electrons. The van der Waals surface area contributed by atoms with Crippen molar-refractivity contribution in [1.29, 1.82) is 0 Å². The number of hydrazone groups is 1. The smallest absolute Gasteiger partial charge is 0.270 e. The summed E-state index contributed by atoms with van der Waals surface area (Å²) >= 11 is 13.2. The highest BCUT2D eigenvalue weighted by molar-refractivity contribution is 7.14. The SMILES string of the molecule is O=[N+]([O-])c1ccc(Cl)cc1N/N=C(/Cl)c1cccs1. The van der Waals surface area contributed by atoms with E-state index >= 15 is 0 Å². The van der Waals surface area contributed by atoms with Crippen LogP contribution in [0.15, 0.2) is 40.8 Å². The van der Waals surface area contributed by atoms with Crippen LogP contribution in [0.25, 0.3) is 0 Å². The molecule has 98 valence electrons. The van der Waals surface area contributed by atoms with Gasteiger partial charge in [-0.05, 0) is 23.6 Å². The van der Waals surface area contributed by atoms with Crippen molar-refractivity contribution in [3.05, 3.63) is 55.7 Å². The van der Waals surface area contributed by atoms with E-state index in [4.69, 9.17) is 23.2 Å². The zero-order valence-corrected chi connectivity index (χ0v) is 11.7. The number of thiophene rings is 1. The Morgan fingerprint density at radius 3 is 2.84 bits per heavy atom. The molecule has 19 heavy (non-hydrogen) atoms. The Morgan fingerprint density at radius 1 is 1.42 bits per heavy atom. The largest absolute Gasteiger partial charge is 0.294 e. The molecule has 0 amide bonds. The molecule has 0 saturated carbocycles. The van der Waals surface area contributed by atoms with Gasteiger partial charge < -0.3 is 0 Å². The minimum Gasteiger partial charge on any atom is -0.270 e. The van der Waals surface area contributed by atoms with Crippen molar-refractivity contribution in [2.75, 3.05) is 5.43 Å². The average molecular weight is 316 g/mol. The molecule has 1 aromatic carbocycles. The van der Waals surface area contributed by atoms with Crippen molar-refractivity contribution in [1.82, 2.24) is 0 Å². The van der Waals surface area contributed by atoms with Crippen LogP contribution in [-0.2, 0) is 0 Å². The van der Waals surface area contributed by atoms with Gasteiger partial charge in [-0.15, -0.1) is 11.3 Å². The van der Waals surface area contributed by atoms with E-state index in [-0.39, 0.29) is 16.5 Å². The number of hydrogen-bond donors (Lipinski definition) is 1. The number of halogens is 2. The van der Waals surface area contributed by atoms with E-state index in [9.17, 15) is 10.1 Å². The summed E-state index contributed by atoms with van der Waals surface area (Å²) in [5.41, 5.74) is 2.63. The fraction of sp³-hybridized carbons (Fsp3) is 0. The third kappa shape index (κ3) is 3.44. The summed E-state index contributed by atoms with van der Waals surface area (Å²) in [6.07, 6.45) is 0. The first-order valence-corrected chi connectivity index (χ1v) is 6.68. The van der Waals surface area contributed by atoms with Crippen LogP contribution in [0.5, 0.6) is 0 Å². The Bertz CT molecular complexity index is 629. The van der Waals surface area contributed by atoms with Gasteiger partial charge in [0.15, 0.2) is 5.17 Å². The quantitative estimate of drug-likeness (QED) is 0.519. The predicted octanol–water partition coefficient (Wildman–Crippen LogP) is 4.32. The number of nitrogens with one attached hydrogen (secondary N) is 1. The molecule has 0 fully saturated rings. The van der Waals surface area contributed by atoms with Gasteiger partial charge in [0.2, 0.25) is 0 Å². The van der Waals surface area contributed by atoms with E-state index in [0.29, 0.717) is 5.02 Å². The van der Waals surface area contributed by atoms with Gasteiger partial charge in [0, 0.05) is 11.1 Å². The molecule has 0 spiro atoms. The highest BCUT2D eigenvalue weighted by atomic mass is 35.5.